The smallest absolute Gasteiger partial charge is 0.161 e. The fraction of sp³-hybridized carbons (Fsp3) is 0.308. The van der Waals surface area contributed by atoms with Crippen molar-refractivity contribution >= 4 is 5.78 Å². The van der Waals surface area contributed by atoms with E-state index < -0.39 is 5.92 Å². The second-order valence-corrected chi connectivity index (χ2v) is 8.22. The Morgan fingerprint density at radius 1 is 1.16 bits per heavy atom. The number of rotatable bonds is 5. The minimum atomic E-state index is -0.501. The van der Waals surface area contributed by atoms with Crippen LogP contribution in [0.4, 0.5) is 0 Å². The third-order valence-electron chi connectivity index (χ3n) is 6.20. The van der Waals surface area contributed by atoms with E-state index in [2.05, 4.69) is 6.07 Å². The molecule has 1 atom stereocenters. The van der Waals surface area contributed by atoms with Gasteiger partial charge in [-0.1, -0.05) is 35.9 Å². The topological polar surface area (TPSA) is 88.6 Å². The number of aryl methyl sites for hydroxylation is 1. The first kappa shape index (κ1) is 21.5. The number of hydrogen-bond donors (Lipinski definition) is 1. The summed E-state index contributed by atoms with van der Waals surface area (Å²) in [6.45, 7) is 2.46. The van der Waals surface area contributed by atoms with Gasteiger partial charge in [-0.25, -0.2) is 0 Å². The Morgan fingerprint density at radius 2 is 1.91 bits per heavy atom. The van der Waals surface area contributed by atoms with E-state index in [9.17, 15) is 10.1 Å². The second kappa shape index (κ2) is 8.80. The number of carbonyl (C=O) groups excluding carboxylic acids is 1. The maximum atomic E-state index is 12.9. The molecule has 1 aliphatic heterocycles. The van der Waals surface area contributed by atoms with E-state index in [-0.39, 0.29) is 5.78 Å². The van der Waals surface area contributed by atoms with Gasteiger partial charge >= 0.3 is 0 Å². The summed E-state index contributed by atoms with van der Waals surface area (Å²) in [5.74, 6) is 1.12. The zero-order valence-corrected chi connectivity index (χ0v) is 18.6. The molecule has 6 nitrogen and oxygen atoms in total. The molecule has 2 N–H and O–H groups in total. The van der Waals surface area contributed by atoms with Crippen molar-refractivity contribution in [1.29, 1.82) is 5.26 Å². The van der Waals surface area contributed by atoms with Crippen molar-refractivity contribution in [2.45, 2.75) is 38.7 Å². The Hall–Kier alpha value is -3.72. The van der Waals surface area contributed by atoms with Crippen LogP contribution < -0.4 is 15.2 Å². The first-order chi connectivity index (χ1) is 15.4. The number of carbonyl (C=O) groups is 1. The minimum absolute atomic E-state index is 0.0713. The molecule has 32 heavy (non-hydrogen) atoms. The van der Waals surface area contributed by atoms with E-state index in [1.807, 2.05) is 56.4 Å². The first-order valence-electron chi connectivity index (χ1n) is 10.7. The van der Waals surface area contributed by atoms with E-state index in [1.54, 1.807) is 12.0 Å². The number of nitriles is 1. The van der Waals surface area contributed by atoms with Gasteiger partial charge in [0.25, 0.3) is 0 Å². The maximum Gasteiger partial charge on any atom is 0.161 e. The third-order valence-corrected chi connectivity index (χ3v) is 6.20. The summed E-state index contributed by atoms with van der Waals surface area (Å²) in [7, 11) is 3.40. The lowest BCUT2D eigenvalue weighted by Crippen LogP contribution is -2.36. The van der Waals surface area contributed by atoms with Crippen molar-refractivity contribution in [2.24, 2.45) is 5.73 Å². The Balaban J connectivity index is 1.70. The highest BCUT2D eigenvalue weighted by atomic mass is 16.5. The van der Waals surface area contributed by atoms with Crippen molar-refractivity contribution in [1.82, 2.24) is 4.90 Å². The molecule has 0 saturated carbocycles. The molecule has 2 aromatic rings. The molecule has 0 amide bonds. The lowest BCUT2D eigenvalue weighted by Gasteiger charge is -2.37. The molecular weight excluding hydrogens is 402 g/mol. The molecule has 1 aliphatic carbocycles. The highest BCUT2D eigenvalue weighted by molar-refractivity contribution is 5.99. The van der Waals surface area contributed by atoms with Gasteiger partial charge in [-0.05, 0) is 43.0 Å². The van der Waals surface area contributed by atoms with Gasteiger partial charge < -0.3 is 20.1 Å². The maximum absolute atomic E-state index is 12.9. The van der Waals surface area contributed by atoms with Crippen LogP contribution >= 0.6 is 0 Å². The zero-order valence-electron chi connectivity index (χ0n) is 18.6. The molecule has 0 radical (unpaired) electrons. The molecule has 0 fully saturated rings. The lowest BCUT2D eigenvalue weighted by atomic mass is 9.76. The van der Waals surface area contributed by atoms with Gasteiger partial charge in [-0.3, -0.25) is 4.79 Å². The highest BCUT2D eigenvalue weighted by Gasteiger charge is 2.38. The van der Waals surface area contributed by atoms with Gasteiger partial charge in [0.15, 0.2) is 17.3 Å². The molecule has 6 heteroatoms. The average molecular weight is 430 g/mol. The molecule has 0 bridgehead atoms. The van der Waals surface area contributed by atoms with Gasteiger partial charge in [0, 0.05) is 24.7 Å². The second-order valence-electron chi connectivity index (χ2n) is 8.22. The van der Waals surface area contributed by atoms with E-state index in [0.29, 0.717) is 41.5 Å². The Labute approximate surface area is 188 Å². The van der Waals surface area contributed by atoms with Crippen molar-refractivity contribution < 1.29 is 14.3 Å². The van der Waals surface area contributed by atoms with Crippen molar-refractivity contribution in [2.75, 3.05) is 14.2 Å². The summed E-state index contributed by atoms with van der Waals surface area (Å²) in [4.78, 5) is 14.7. The number of nitrogens with two attached hydrogens (primary N) is 1. The predicted octanol–water partition coefficient (Wildman–Crippen LogP) is 4.31. The normalized spacial score (nSPS) is 18.4. The van der Waals surface area contributed by atoms with Crippen LogP contribution in [0, 0.1) is 18.3 Å². The van der Waals surface area contributed by atoms with Crippen molar-refractivity contribution in [3.63, 3.8) is 0 Å². The summed E-state index contributed by atoms with van der Waals surface area (Å²) in [5.41, 5.74) is 11.3. The molecule has 0 unspecified atom stereocenters. The number of allylic oxidation sites excluding steroid dienone is 3. The quantitative estimate of drug-likeness (QED) is 0.762. The molecule has 2 aliphatic rings. The number of ketones is 1. The number of nitrogens with zero attached hydrogens (tertiary/aromatic N) is 2. The summed E-state index contributed by atoms with van der Waals surface area (Å²) in [5, 5.41) is 9.89. The molecule has 1 heterocycles. The minimum Gasteiger partial charge on any atom is -0.493 e. The molecule has 164 valence electrons. The number of benzene rings is 2. The van der Waals surface area contributed by atoms with Gasteiger partial charge in [0.1, 0.15) is 12.4 Å². The highest BCUT2D eigenvalue weighted by Crippen LogP contribution is 2.45. The van der Waals surface area contributed by atoms with Gasteiger partial charge in [-0.15, -0.1) is 0 Å². The zero-order chi connectivity index (χ0) is 22.8. The van der Waals surface area contributed by atoms with E-state index >= 15 is 0 Å². The fourth-order valence-electron chi connectivity index (χ4n) is 4.42. The third kappa shape index (κ3) is 3.82. The average Bonchev–Trinajstić information content (AvgIpc) is 2.81. The summed E-state index contributed by atoms with van der Waals surface area (Å²) < 4.78 is 11.6. The van der Waals surface area contributed by atoms with Crippen LogP contribution in [0.15, 0.2) is 65.1 Å². The monoisotopic (exact) mass is 429 g/mol. The largest absolute Gasteiger partial charge is 0.493 e. The number of Topliss-reactive ketones (excluding diaryl/α,β-unsaturated/α-hetero) is 1. The summed E-state index contributed by atoms with van der Waals surface area (Å²) in [6.07, 6.45) is 2.04. The van der Waals surface area contributed by atoms with Gasteiger partial charge in [0.2, 0.25) is 0 Å². The lowest BCUT2D eigenvalue weighted by molar-refractivity contribution is -0.116. The predicted molar refractivity (Wildman–Crippen MR) is 122 cm³/mol. The van der Waals surface area contributed by atoms with Crippen LogP contribution in [0.1, 0.15) is 41.9 Å². The number of hydrogen-bond acceptors (Lipinski definition) is 6. The van der Waals surface area contributed by atoms with Crippen LogP contribution in [-0.4, -0.2) is 24.8 Å². The number of ether oxygens (including phenoxy) is 2. The van der Waals surface area contributed by atoms with E-state index in [0.717, 1.165) is 29.7 Å². The molecule has 4 rings (SSSR count). The molecule has 0 aromatic heterocycles. The first-order valence-corrected chi connectivity index (χ1v) is 10.7. The van der Waals surface area contributed by atoms with Crippen LogP contribution in [0.5, 0.6) is 11.5 Å². The van der Waals surface area contributed by atoms with E-state index in [1.165, 1.54) is 5.56 Å². The van der Waals surface area contributed by atoms with Crippen LogP contribution in [0.25, 0.3) is 0 Å². The van der Waals surface area contributed by atoms with Crippen LogP contribution in [0.3, 0.4) is 0 Å². The van der Waals surface area contributed by atoms with Gasteiger partial charge in [0.05, 0.1) is 24.7 Å². The van der Waals surface area contributed by atoms with Gasteiger partial charge in [-0.2, -0.15) is 5.26 Å². The molecular formula is C26H27N3O3. The molecule has 2 aromatic carbocycles. The summed E-state index contributed by atoms with van der Waals surface area (Å²) >= 11 is 0. The summed E-state index contributed by atoms with van der Waals surface area (Å²) in [6, 6.07) is 16.0. The van der Waals surface area contributed by atoms with Crippen LogP contribution in [-0.2, 0) is 11.4 Å². The Bertz CT molecular complexity index is 1160. The van der Waals surface area contributed by atoms with Crippen molar-refractivity contribution in [3.05, 3.63) is 81.8 Å². The Kier molecular flexibility index (Phi) is 5.91. The molecule has 0 saturated heterocycles. The molecule has 0 spiro atoms. The SMILES string of the molecule is COc1cc([C@H]2C(C#N)=C(N)N(C)C3=C2C(=O)CCC3)ccc1OCc1ccc(C)cc1. The van der Waals surface area contributed by atoms with E-state index in [4.69, 9.17) is 15.2 Å². The number of methoxy groups -OCH3 is 1. The van der Waals surface area contributed by atoms with Crippen molar-refractivity contribution in [3.8, 4) is 17.6 Å². The standard InChI is InChI=1S/C26H27N3O3/c1-16-7-9-17(10-8-16)15-32-22-12-11-18(13-23(22)31-3)24-19(14-27)26(28)29(2)20-5-4-6-21(30)25(20)24/h7-13,24H,4-6,15,28H2,1-3H3/t24-/m0/s1. The Morgan fingerprint density at radius 3 is 2.59 bits per heavy atom. The van der Waals surface area contributed by atoms with Crippen LogP contribution in [0.2, 0.25) is 0 Å². The fourth-order valence-corrected chi connectivity index (χ4v) is 4.42.